The Balaban J connectivity index is 1.93. The predicted octanol–water partition coefficient (Wildman–Crippen LogP) is 3.51. The van der Waals surface area contributed by atoms with Gasteiger partial charge < -0.3 is 4.74 Å². The van der Waals surface area contributed by atoms with Gasteiger partial charge in [-0.05, 0) is 38.0 Å². The van der Waals surface area contributed by atoms with E-state index < -0.39 is 57.9 Å². The van der Waals surface area contributed by atoms with E-state index >= 15 is 0 Å². The Morgan fingerprint density at radius 1 is 1.19 bits per heavy atom. The normalized spacial score (nSPS) is 23.3. The molecular formula is C17H17F5N2O5S2. The lowest BCUT2D eigenvalue weighted by molar-refractivity contribution is -0.137. The summed E-state index contributed by atoms with van der Waals surface area (Å²) in [7, 11) is -9.24. The van der Waals surface area contributed by atoms with Crippen LogP contribution in [0.15, 0.2) is 40.3 Å². The summed E-state index contributed by atoms with van der Waals surface area (Å²) in [5.74, 6) is -3.69. The molecule has 7 nitrogen and oxygen atoms in total. The molecule has 1 aromatic carbocycles. The number of sulfone groups is 2. The lowest BCUT2D eigenvalue weighted by Crippen LogP contribution is -2.42. The fraction of sp³-hybridized carbons (Fsp3) is 0.471. The summed E-state index contributed by atoms with van der Waals surface area (Å²) >= 11 is 0. The molecule has 0 spiro atoms. The van der Waals surface area contributed by atoms with E-state index in [2.05, 4.69) is 10.2 Å². The summed E-state index contributed by atoms with van der Waals surface area (Å²) in [6.07, 6.45) is -6.08. The van der Waals surface area contributed by atoms with E-state index in [1.54, 1.807) is 0 Å². The van der Waals surface area contributed by atoms with E-state index in [-0.39, 0.29) is 25.1 Å². The number of halogens is 5. The molecule has 1 fully saturated rings. The van der Waals surface area contributed by atoms with Crippen molar-refractivity contribution in [2.24, 2.45) is 0 Å². The van der Waals surface area contributed by atoms with Crippen LogP contribution in [0.4, 0.5) is 22.0 Å². The van der Waals surface area contributed by atoms with Crippen LogP contribution in [0.3, 0.4) is 0 Å². The van der Waals surface area contributed by atoms with Gasteiger partial charge in [0.05, 0.1) is 20.9 Å². The van der Waals surface area contributed by atoms with Gasteiger partial charge in [-0.25, -0.2) is 16.8 Å². The maximum Gasteiger partial charge on any atom is 0.416 e. The molecule has 1 aliphatic heterocycles. The highest BCUT2D eigenvalue weighted by molar-refractivity contribution is 7.92. The van der Waals surface area contributed by atoms with Crippen molar-refractivity contribution in [3.8, 4) is 0 Å². The molecule has 1 N–H and O–H groups in total. The van der Waals surface area contributed by atoms with Crippen LogP contribution in [0.25, 0.3) is 0 Å². The summed E-state index contributed by atoms with van der Waals surface area (Å²) < 4.78 is 118. The van der Waals surface area contributed by atoms with Gasteiger partial charge in [0.15, 0.2) is 14.9 Å². The maximum absolute atomic E-state index is 13.2. The largest absolute Gasteiger partial charge is 0.416 e. The Bertz CT molecular complexity index is 1180. The molecule has 2 heterocycles. The molecule has 31 heavy (non-hydrogen) atoms. The summed E-state index contributed by atoms with van der Waals surface area (Å²) in [6, 6.07) is 4.18. The molecule has 1 aromatic heterocycles. The molecule has 0 bridgehead atoms. The van der Waals surface area contributed by atoms with Gasteiger partial charge in [-0.3, -0.25) is 5.10 Å². The van der Waals surface area contributed by atoms with Crippen molar-refractivity contribution in [2.45, 2.75) is 52.5 Å². The van der Waals surface area contributed by atoms with Crippen molar-refractivity contribution < 1.29 is 43.5 Å². The number of H-pyrrole nitrogens is 1. The zero-order chi connectivity index (χ0) is 23.2. The number of aromatic nitrogens is 2. The first kappa shape index (κ1) is 23.6. The lowest BCUT2D eigenvalue weighted by atomic mass is 9.95. The summed E-state index contributed by atoms with van der Waals surface area (Å²) in [5.41, 5.74) is -1.15. The molecular weight excluding hydrogens is 471 g/mol. The first-order chi connectivity index (χ1) is 14.2. The third-order valence-corrected chi connectivity index (χ3v) is 8.94. The van der Waals surface area contributed by atoms with E-state index in [0.29, 0.717) is 6.07 Å². The molecule has 172 valence electrons. The van der Waals surface area contributed by atoms with E-state index in [4.69, 9.17) is 4.74 Å². The minimum atomic E-state index is -4.97. The molecule has 14 heteroatoms. The quantitative estimate of drug-likeness (QED) is 0.646. The van der Waals surface area contributed by atoms with Crippen molar-refractivity contribution in [2.75, 3.05) is 6.61 Å². The minimum absolute atomic E-state index is 0.0376. The van der Waals surface area contributed by atoms with Crippen LogP contribution in [0, 0.1) is 0 Å². The average molecular weight is 488 g/mol. The molecule has 2 aromatic rings. The summed E-state index contributed by atoms with van der Waals surface area (Å²) in [5, 5.41) is 4.68. The Morgan fingerprint density at radius 3 is 2.48 bits per heavy atom. The monoisotopic (exact) mass is 488 g/mol. The number of hydrogen-bond acceptors (Lipinski definition) is 6. The van der Waals surface area contributed by atoms with Crippen LogP contribution in [0.5, 0.6) is 0 Å². The van der Waals surface area contributed by atoms with Crippen LogP contribution < -0.4 is 0 Å². The van der Waals surface area contributed by atoms with Crippen LogP contribution in [-0.2, 0) is 30.6 Å². The van der Waals surface area contributed by atoms with Gasteiger partial charge in [0.25, 0.3) is 9.84 Å². The van der Waals surface area contributed by atoms with E-state index in [1.807, 2.05) is 0 Å². The van der Waals surface area contributed by atoms with Crippen LogP contribution in [0.1, 0.15) is 37.1 Å². The maximum atomic E-state index is 13.2. The zero-order valence-corrected chi connectivity index (χ0v) is 17.5. The molecule has 0 saturated carbocycles. The Morgan fingerprint density at radius 2 is 1.87 bits per heavy atom. The Kier molecular flexibility index (Phi) is 5.95. The third kappa shape index (κ3) is 4.32. The second-order valence-electron chi connectivity index (χ2n) is 7.26. The van der Waals surface area contributed by atoms with Crippen molar-refractivity contribution in [3.63, 3.8) is 0 Å². The van der Waals surface area contributed by atoms with Gasteiger partial charge in [0, 0.05) is 12.7 Å². The zero-order valence-electron chi connectivity index (χ0n) is 15.9. The number of hydrogen-bond donors (Lipinski definition) is 1. The number of alkyl halides is 5. The smallest absolute Gasteiger partial charge is 0.372 e. The van der Waals surface area contributed by atoms with E-state index in [1.165, 1.54) is 6.92 Å². The van der Waals surface area contributed by atoms with Crippen molar-refractivity contribution in [1.29, 1.82) is 0 Å². The highest BCUT2D eigenvalue weighted by atomic mass is 32.2. The highest BCUT2D eigenvalue weighted by Gasteiger charge is 2.46. The number of nitrogens with zero attached hydrogens (tertiary/aromatic N) is 1. The molecule has 1 aliphatic rings. The Hall–Kier alpha value is -2.06. The van der Waals surface area contributed by atoms with Gasteiger partial charge in [-0.15, -0.1) is 0 Å². The van der Waals surface area contributed by atoms with Crippen molar-refractivity contribution in [3.05, 3.63) is 41.6 Å². The first-order valence-electron chi connectivity index (χ1n) is 8.79. The fourth-order valence-electron chi connectivity index (χ4n) is 3.26. The predicted molar refractivity (Wildman–Crippen MR) is 96.7 cm³/mol. The number of aromatic amines is 1. The van der Waals surface area contributed by atoms with E-state index in [0.717, 1.165) is 24.3 Å². The number of nitrogens with one attached hydrogen (secondary N) is 1. The third-order valence-electron chi connectivity index (χ3n) is 5.13. The van der Waals surface area contributed by atoms with Gasteiger partial charge in [0.1, 0.15) is 6.10 Å². The molecule has 1 saturated heterocycles. The standard InChI is InChI=1S/C17H17F5N2O5S2/c1-16(31(27,28)11-4-2-3-10(7-11)17(20,21)22)5-6-29-13(9-16)12-8-14(24-23-12)30(25,26)15(18)19/h2-4,7-8,13,15H,5-6,9H2,1H3,(H,23,24)/t13-,16+/m0/s1. The van der Waals surface area contributed by atoms with Crippen LogP contribution in [0.2, 0.25) is 0 Å². The molecule has 0 amide bonds. The average Bonchev–Trinajstić information content (AvgIpc) is 3.18. The topological polar surface area (TPSA) is 106 Å². The molecule has 3 rings (SSSR count). The van der Waals surface area contributed by atoms with Crippen molar-refractivity contribution >= 4 is 19.7 Å². The SMILES string of the molecule is C[C@@]1(S(=O)(=O)c2cccc(C(F)(F)F)c2)CCO[C@H](c2cc(S(=O)(=O)C(F)F)n[nH]2)C1. The molecule has 0 aliphatic carbocycles. The van der Waals surface area contributed by atoms with Gasteiger partial charge in [-0.2, -0.15) is 27.1 Å². The van der Waals surface area contributed by atoms with Crippen LogP contribution in [-0.4, -0.2) is 44.1 Å². The fourth-order valence-corrected chi connectivity index (χ4v) is 5.74. The van der Waals surface area contributed by atoms with E-state index in [9.17, 15) is 38.8 Å². The second kappa shape index (κ2) is 7.81. The molecule has 0 radical (unpaired) electrons. The van der Waals surface area contributed by atoms with Gasteiger partial charge in [0.2, 0.25) is 0 Å². The van der Waals surface area contributed by atoms with Crippen molar-refractivity contribution in [1.82, 2.24) is 10.2 Å². The van der Waals surface area contributed by atoms with Gasteiger partial charge >= 0.3 is 11.9 Å². The Labute approximate surface area is 174 Å². The number of rotatable bonds is 5. The second-order valence-corrected chi connectivity index (χ2v) is 11.6. The lowest BCUT2D eigenvalue weighted by Gasteiger charge is -2.37. The molecule has 2 atom stereocenters. The summed E-state index contributed by atoms with van der Waals surface area (Å²) in [6.45, 7) is 1.22. The number of benzene rings is 1. The van der Waals surface area contributed by atoms with Crippen LogP contribution >= 0.6 is 0 Å². The summed E-state index contributed by atoms with van der Waals surface area (Å²) in [4.78, 5) is -0.518. The number of ether oxygens (including phenoxy) is 1. The first-order valence-corrected chi connectivity index (χ1v) is 11.8. The minimum Gasteiger partial charge on any atom is -0.372 e. The molecule has 0 unspecified atom stereocenters. The highest BCUT2D eigenvalue weighted by Crippen LogP contribution is 2.42. The van der Waals surface area contributed by atoms with Gasteiger partial charge in [-0.1, -0.05) is 6.07 Å².